The van der Waals surface area contributed by atoms with Gasteiger partial charge in [-0.2, -0.15) is 0 Å². The summed E-state index contributed by atoms with van der Waals surface area (Å²) in [6.07, 6.45) is -0.820. The van der Waals surface area contributed by atoms with Crippen LogP contribution >= 0.6 is 15.9 Å². The third-order valence-corrected chi connectivity index (χ3v) is 5.10. The summed E-state index contributed by atoms with van der Waals surface area (Å²) in [6.45, 7) is 0.318. The quantitative estimate of drug-likeness (QED) is 0.417. The van der Waals surface area contributed by atoms with Crippen molar-refractivity contribution in [2.45, 2.75) is 18.0 Å². The number of ether oxygens (including phenoxy) is 1. The van der Waals surface area contributed by atoms with Gasteiger partial charge in [0.25, 0.3) is 0 Å². The van der Waals surface area contributed by atoms with Gasteiger partial charge in [0.1, 0.15) is 6.61 Å². The Morgan fingerprint density at radius 1 is 1.11 bits per heavy atom. The molecule has 1 aliphatic heterocycles. The number of rotatable bonds is 4. The molecule has 2 aromatic carbocycles. The number of amides is 1. The van der Waals surface area contributed by atoms with Gasteiger partial charge in [0.05, 0.1) is 11.6 Å². The van der Waals surface area contributed by atoms with Gasteiger partial charge in [0.2, 0.25) is 0 Å². The molecule has 0 radical (unpaired) electrons. The molecular formula is C19H17BrF4N2O2. The highest BCUT2D eigenvalue weighted by molar-refractivity contribution is 9.08. The molecule has 1 aliphatic rings. The van der Waals surface area contributed by atoms with Gasteiger partial charge in [-0.15, -0.1) is 0 Å². The Morgan fingerprint density at radius 2 is 1.75 bits per heavy atom. The number of alkyl halides is 1. The topological polar surface area (TPSA) is 41.6 Å². The first-order valence-electron chi connectivity index (χ1n) is 8.54. The summed E-state index contributed by atoms with van der Waals surface area (Å²) in [5.41, 5.74) is -0.831. The van der Waals surface area contributed by atoms with E-state index in [4.69, 9.17) is 4.74 Å². The van der Waals surface area contributed by atoms with Crippen molar-refractivity contribution in [1.29, 1.82) is 0 Å². The largest absolute Gasteiger partial charge is 0.445 e. The van der Waals surface area contributed by atoms with Crippen molar-refractivity contribution < 1.29 is 27.1 Å². The minimum Gasteiger partial charge on any atom is -0.445 e. The van der Waals surface area contributed by atoms with Crippen molar-refractivity contribution in [3.8, 4) is 0 Å². The van der Waals surface area contributed by atoms with Crippen molar-refractivity contribution >= 4 is 22.0 Å². The smallest absolute Gasteiger partial charge is 0.410 e. The third-order valence-electron chi connectivity index (χ3n) is 4.54. The van der Waals surface area contributed by atoms with Gasteiger partial charge < -0.3 is 10.1 Å². The van der Waals surface area contributed by atoms with E-state index in [-0.39, 0.29) is 25.0 Å². The lowest BCUT2D eigenvalue weighted by molar-refractivity contribution is 0.0700. The van der Waals surface area contributed by atoms with Crippen LogP contribution in [0.4, 0.5) is 22.4 Å². The average Bonchev–Trinajstić information content (AvgIpc) is 2.72. The van der Waals surface area contributed by atoms with Gasteiger partial charge in [0, 0.05) is 30.5 Å². The highest BCUT2D eigenvalue weighted by Gasteiger charge is 2.36. The molecule has 1 atom stereocenters. The monoisotopic (exact) mass is 460 g/mol. The molecule has 2 aromatic rings. The van der Waals surface area contributed by atoms with Crippen molar-refractivity contribution in [2.24, 2.45) is 0 Å². The van der Waals surface area contributed by atoms with Gasteiger partial charge in [0.15, 0.2) is 23.3 Å². The maximum atomic E-state index is 14.6. The molecule has 1 N–H and O–H groups in total. The molecule has 0 aliphatic carbocycles. The number of benzene rings is 2. The van der Waals surface area contributed by atoms with Crippen LogP contribution in [0.2, 0.25) is 0 Å². The third kappa shape index (κ3) is 4.00. The van der Waals surface area contributed by atoms with Crippen molar-refractivity contribution in [3.05, 3.63) is 70.3 Å². The van der Waals surface area contributed by atoms with Crippen LogP contribution in [0.1, 0.15) is 22.7 Å². The molecule has 0 saturated carbocycles. The molecule has 150 valence electrons. The second-order valence-corrected chi connectivity index (χ2v) is 6.80. The van der Waals surface area contributed by atoms with E-state index in [0.29, 0.717) is 6.54 Å². The zero-order valence-electron chi connectivity index (χ0n) is 14.7. The second-order valence-electron chi connectivity index (χ2n) is 6.24. The highest BCUT2D eigenvalue weighted by atomic mass is 79.9. The van der Waals surface area contributed by atoms with Gasteiger partial charge in [-0.3, -0.25) is 4.90 Å². The SMILES string of the molecule is O=C(OCc1ccccc1)N1CCNCC1c1c(F)c(F)c(CBr)c(F)c1F. The number of nitrogens with zero attached hydrogens (tertiary/aromatic N) is 1. The Balaban J connectivity index is 1.88. The molecule has 28 heavy (non-hydrogen) atoms. The predicted octanol–water partition coefficient (Wildman–Crippen LogP) is 4.42. The number of hydrogen-bond acceptors (Lipinski definition) is 3. The van der Waals surface area contributed by atoms with Crippen LogP contribution < -0.4 is 5.32 Å². The molecule has 1 unspecified atom stereocenters. The zero-order valence-corrected chi connectivity index (χ0v) is 16.2. The number of halogens is 5. The van der Waals surface area contributed by atoms with Crippen LogP contribution in [-0.2, 0) is 16.7 Å². The van der Waals surface area contributed by atoms with E-state index in [1.54, 1.807) is 24.3 Å². The van der Waals surface area contributed by atoms with Gasteiger partial charge in [-0.25, -0.2) is 22.4 Å². The van der Waals surface area contributed by atoms with E-state index >= 15 is 0 Å². The fourth-order valence-corrected chi connectivity index (χ4v) is 3.58. The Kier molecular flexibility index (Phi) is 6.56. The maximum absolute atomic E-state index is 14.6. The molecule has 3 rings (SSSR count). The molecule has 9 heteroatoms. The standard InChI is InChI=1S/C19H17BrF4N2O2/c20-8-12-15(21)17(23)14(18(24)16(12)22)13-9-25-6-7-26(13)19(27)28-10-11-4-2-1-3-5-11/h1-5,13,25H,6-10H2. The number of nitrogens with one attached hydrogen (secondary N) is 1. The lowest BCUT2D eigenvalue weighted by Crippen LogP contribution is -2.49. The highest BCUT2D eigenvalue weighted by Crippen LogP contribution is 2.33. The summed E-state index contributed by atoms with van der Waals surface area (Å²) in [7, 11) is 0. The maximum Gasteiger partial charge on any atom is 0.410 e. The Bertz CT molecular complexity index is 838. The van der Waals surface area contributed by atoms with Gasteiger partial charge in [-0.1, -0.05) is 46.3 Å². The van der Waals surface area contributed by atoms with Crippen LogP contribution in [0.25, 0.3) is 0 Å². The molecule has 1 amide bonds. The van der Waals surface area contributed by atoms with E-state index in [9.17, 15) is 22.4 Å². The molecule has 1 heterocycles. The summed E-state index contributed by atoms with van der Waals surface area (Å²) >= 11 is 2.82. The first kappa shape index (κ1) is 20.6. The van der Waals surface area contributed by atoms with Crippen molar-refractivity contribution in [1.82, 2.24) is 10.2 Å². The number of hydrogen-bond donors (Lipinski definition) is 1. The van der Waals surface area contributed by atoms with E-state index in [1.807, 2.05) is 6.07 Å². The van der Waals surface area contributed by atoms with Gasteiger partial charge in [-0.05, 0) is 5.56 Å². The predicted molar refractivity (Wildman–Crippen MR) is 97.8 cm³/mol. The molecule has 1 fully saturated rings. The zero-order chi connectivity index (χ0) is 20.3. The van der Waals surface area contributed by atoms with Crippen molar-refractivity contribution in [2.75, 3.05) is 19.6 Å². The summed E-state index contributed by atoms with van der Waals surface area (Å²) in [5.74, 6) is -5.98. The minimum absolute atomic E-state index is 0.0352. The summed E-state index contributed by atoms with van der Waals surface area (Å²) in [5, 5.41) is 2.49. The van der Waals surface area contributed by atoms with Crippen LogP contribution in [-0.4, -0.2) is 30.6 Å². The van der Waals surface area contributed by atoms with E-state index < -0.39 is 46.5 Å². The summed E-state index contributed by atoms with van der Waals surface area (Å²) < 4.78 is 62.7. The fourth-order valence-electron chi connectivity index (χ4n) is 3.09. The molecule has 0 aromatic heterocycles. The van der Waals surface area contributed by atoms with Crippen LogP contribution in [0.15, 0.2) is 30.3 Å². The fraction of sp³-hybridized carbons (Fsp3) is 0.316. The van der Waals surface area contributed by atoms with Crippen LogP contribution in [0.3, 0.4) is 0 Å². The number of carbonyl (C=O) groups is 1. The summed E-state index contributed by atoms with van der Waals surface area (Å²) in [6, 6.07) is 7.63. The molecule has 4 nitrogen and oxygen atoms in total. The van der Waals surface area contributed by atoms with Crippen LogP contribution in [0.5, 0.6) is 0 Å². The minimum atomic E-state index is -1.51. The lowest BCUT2D eigenvalue weighted by atomic mass is 9.99. The van der Waals surface area contributed by atoms with Crippen molar-refractivity contribution in [3.63, 3.8) is 0 Å². The Hall–Kier alpha value is -2.13. The first-order chi connectivity index (χ1) is 13.5. The van der Waals surface area contributed by atoms with Gasteiger partial charge >= 0.3 is 6.09 Å². The number of carbonyl (C=O) groups excluding carboxylic acids is 1. The van der Waals surface area contributed by atoms with Crippen LogP contribution in [0, 0.1) is 23.3 Å². The molecule has 0 spiro atoms. The average molecular weight is 461 g/mol. The number of piperazine rings is 1. The van der Waals surface area contributed by atoms with E-state index in [2.05, 4.69) is 21.2 Å². The first-order valence-corrected chi connectivity index (χ1v) is 9.66. The van der Waals surface area contributed by atoms with E-state index in [0.717, 1.165) is 10.5 Å². The Labute approximate surface area is 167 Å². The Morgan fingerprint density at radius 3 is 2.36 bits per heavy atom. The molecule has 0 bridgehead atoms. The molecular weight excluding hydrogens is 444 g/mol. The lowest BCUT2D eigenvalue weighted by Gasteiger charge is -2.36. The normalized spacial score (nSPS) is 16.9. The summed E-state index contributed by atoms with van der Waals surface area (Å²) in [4.78, 5) is 13.6. The second kappa shape index (κ2) is 8.91. The van der Waals surface area contributed by atoms with E-state index in [1.165, 1.54) is 0 Å². The molecule has 1 saturated heterocycles.